The van der Waals surface area contributed by atoms with E-state index >= 15 is 0 Å². The molecule has 0 aliphatic carbocycles. The third-order valence-corrected chi connectivity index (χ3v) is 7.58. The van der Waals surface area contributed by atoms with Crippen LogP contribution in [0.3, 0.4) is 0 Å². The average molecular weight is 720 g/mol. The predicted molar refractivity (Wildman–Crippen MR) is 195 cm³/mol. The summed E-state index contributed by atoms with van der Waals surface area (Å²) in [5, 5.41) is 3.45. The van der Waals surface area contributed by atoms with Crippen LogP contribution >= 0.6 is 0 Å². The largest absolute Gasteiger partial charge is 2.00 e. The number of rotatable bonds is 3. The van der Waals surface area contributed by atoms with E-state index in [4.69, 9.17) is 0 Å². The fourth-order valence-electron chi connectivity index (χ4n) is 5.17. The monoisotopic (exact) mass is 720 g/mol. The topological polar surface area (TPSA) is 77.3 Å². The second kappa shape index (κ2) is 16.2. The quantitative estimate of drug-likeness (QED) is 0.169. The van der Waals surface area contributed by atoms with E-state index in [0.29, 0.717) is 0 Å². The van der Waals surface area contributed by atoms with E-state index < -0.39 is 0 Å². The molecule has 6 nitrogen and oxygen atoms in total. The van der Waals surface area contributed by atoms with Crippen LogP contribution in [-0.4, -0.2) is 29.9 Å². The number of benzene rings is 3. The molecule has 9 rings (SSSR count). The molecule has 0 atom stereocenters. The van der Waals surface area contributed by atoms with Gasteiger partial charge in [0.15, 0.2) is 0 Å². The first-order valence-electron chi connectivity index (χ1n) is 15.6. The van der Waals surface area contributed by atoms with E-state index in [-0.39, 0.29) is 19.5 Å². The minimum Gasteiger partial charge on any atom is -0.255 e. The Morgan fingerprint density at radius 3 is 0.857 bits per heavy atom. The van der Waals surface area contributed by atoms with Crippen molar-refractivity contribution in [1.82, 2.24) is 29.9 Å². The molecule has 7 heteroatoms. The summed E-state index contributed by atoms with van der Waals surface area (Å²) < 4.78 is 0. The SMILES string of the molecule is [Ru+2].c1ccc(-c2ccc3ccccc3n2)nc1.c1ccc(-c2ccccn2)nc1.c1ccc2nc(-c3ccc4ccccc4n3)ccc2c1. The Kier molecular flexibility index (Phi) is 10.9. The van der Waals surface area contributed by atoms with Crippen molar-refractivity contribution in [3.8, 4) is 34.2 Å². The van der Waals surface area contributed by atoms with Crippen LogP contribution in [0.15, 0.2) is 182 Å². The molecule has 49 heavy (non-hydrogen) atoms. The van der Waals surface area contributed by atoms with Gasteiger partial charge < -0.3 is 0 Å². The second-order valence-corrected chi connectivity index (χ2v) is 10.8. The Morgan fingerprint density at radius 1 is 0.245 bits per heavy atom. The van der Waals surface area contributed by atoms with Gasteiger partial charge in [-0.15, -0.1) is 0 Å². The summed E-state index contributed by atoms with van der Waals surface area (Å²) in [7, 11) is 0. The minimum absolute atomic E-state index is 0. The van der Waals surface area contributed by atoms with E-state index in [2.05, 4.69) is 66.3 Å². The summed E-state index contributed by atoms with van der Waals surface area (Å²) in [6.07, 6.45) is 5.32. The number of nitrogens with zero attached hydrogens (tertiary/aromatic N) is 6. The average Bonchev–Trinajstić information content (AvgIpc) is 3.19. The molecular weight excluding hydrogens is 690 g/mol. The molecule has 0 radical (unpaired) electrons. The van der Waals surface area contributed by atoms with E-state index in [1.807, 2.05) is 127 Å². The van der Waals surface area contributed by atoms with Gasteiger partial charge in [0.05, 0.1) is 50.7 Å². The van der Waals surface area contributed by atoms with Crippen LogP contribution < -0.4 is 0 Å². The molecule has 6 aromatic heterocycles. The van der Waals surface area contributed by atoms with Crippen LogP contribution in [0, 0.1) is 0 Å². The molecule has 0 saturated heterocycles. The van der Waals surface area contributed by atoms with Gasteiger partial charge in [0.1, 0.15) is 0 Å². The van der Waals surface area contributed by atoms with Crippen molar-refractivity contribution in [3.05, 3.63) is 182 Å². The van der Waals surface area contributed by atoms with Crippen molar-refractivity contribution in [1.29, 1.82) is 0 Å². The maximum atomic E-state index is 4.69. The third-order valence-electron chi connectivity index (χ3n) is 7.58. The molecule has 3 aromatic carbocycles. The van der Waals surface area contributed by atoms with Gasteiger partial charge in [-0.05, 0) is 72.8 Å². The van der Waals surface area contributed by atoms with Crippen LogP contribution in [0.1, 0.15) is 0 Å². The number of fused-ring (bicyclic) bond motifs is 3. The molecule has 0 aliphatic heterocycles. The Balaban J connectivity index is 0.000000130. The zero-order chi connectivity index (χ0) is 32.4. The molecule has 0 saturated carbocycles. The molecular formula is C42H30N6Ru+2. The molecule has 0 aliphatic rings. The van der Waals surface area contributed by atoms with Crippen LogP contribution in [-0.2, 0) is 19.5 Å². The Morgan fingerprint density at radius 2 is 0.531 bits per heavy atom. The van der Waals surface area contributed by atoms with Gasteiger partial charge in [-0.3, -0.25) is 15.0 Å². The zero-order valence-corrected chi connectivity index (χ0v) is 28.1. The van der Waals surface area contributed by atoms with Gasteiger partial charge in [-0.25, -0.2) is 15.0 Å². The predicted octanol–water partition coefficient (Wildman–Crippen LogP) is 9.89. The van der Waals surface area contributed by atoms with Gasteiger partial charge in [0, 0.05) is 34.7 Å². The number of aromatic nitrogens is 6. The van der Waals surface area contributed by atoms with E-state index in [1.54, 1.807) is 18.6 Å². The fourth-order valence-corrected chi connectivity index (χ4v) is 5.17. The van der Waals surface area contributed by atoms with Crippen LogP contribution in [0.4, 0.5) is 0 Å². The Bertz CT molecular complexity index is 2290. The van der Waals surface area contributed by atoms with Crippen molar-refractivity contribution in [2.75, 3.05) is 0 Å². The van der Waals surface area contributed by atoms with E-state index in [0.717, 1.165) is 66.9 Å². The third kappa shape index (κ3) is 8.28. The number of pyridine rings is 6. The molecule has 0 unspecified atom stereocenters. The summed E-state index contributed by atoms with van der Waals surface area (Å²) >= 11 is 0. The summed E-state index contributed by atoms with van der Waals surface area (Å²) in [5.41, 5.74) is 8.48. The van der Waals surface area contributed by atoms with Gasteiger partial charge in [0.25, 0.3) is 0 Å². The molecule has 0 spiro atoms. The first kappa shape index (κ1) is 32.9. The smallest absolute Gasteiger partial charge is 0.255 e. The van der Waals surface area contributed by atoms with Crippen molar-refractivity contribution in [2.24, 2.45) is 0 Å². The number of para-hydroxylation sites is 3. The van der Waals surface area contributed by atoms with Gasteiger partial charge in [-0.2, -0.15) is 0 Å². The summed E-state index contributed by atoms with van der Waals surface area (Å²) in [5.74, 6) is 0. The summed E-state index contributed by atoms with van der Waals surface area (Å²) in [6, 6.07) is 54.1. The van der Waals surface area contributed by atoms with Crippen LogP contribution in [0.2, 0.25) is 0 Å². The van der Waals surface area contributed by atoms with Crippen LogP contribution in [0.25, 0.3) is 66.9 Å². The van der Waals surface area contributed by atoms with Gasteiger partial charge in [-0.1, -0.05) is 91.0 Å². The van der Waals surface area contributed by atoms with E-state index in [9.17, 15) is 0 Å². The number of hydrogen-bond donors (Lipinski definition) is 0. The molecule has 9 aromatic rings. The molecule has 6 heterocycles. The first-order valence-corrected chi connectivity index (χ1v) is 15.6. The van der Waals surface area contributed by atoms with Crippen molar-refractivity contribution >= 4 is 32.7 Å². The summed E-state index contributed by atoms with van der Waals surface area (Å²) in [4.78, 5) is 26.6. The van der Waals surface area contributed by atoms with Crippen LogP contribution in [0.5, 0.6) is 0 Å². The number of hydrogen-bond acceptors (Lipinski definition) is 6. The van der Waals surface area contributed by atoms with Gasteiger partial charge in [0.2, 0.25) is 0 Å². The fraction of sp³-hybridized carbons (Fsp3) is 0. The van der Waals surface area contributed by atoms with Crippen molar-refractivity contribution < 1.29 is 19.5 Å². The van der Waals surface area contributed by atoms with E-state index in [1.165, 1.54) is 0 Å². The van der Waals surface area contributed by atoms with Gasteiger partial charge >= 0.3 is 19.5 Å². The minimum atomic E-state index is 0. The maximum Gasteiger partial charge on any atom is 2.00 e. The molecule has 234 valence electrons. The standard InChI is InChI=1S/C18H12N2.C14H10N2.C10H8N2.Ru/c1-3-7-15-13(5-1)9-11-17(19-15)18-12-10-14-6-2-4-8-16(14)20-18;1-2-6-12-11(5-1)8-9-14(16-12)13-7-3-4-10-15-13;1-3-7-11-9(5-1)10-6-2-4-8-12-10;/h1-12H;1-10H;1-8H;/q;;;+2. The summed E-state index contributed by atoms with van der Waals surface area (Å²) in [6.45, 7) is 0. The molecule has 0 amide bonds. The maximum absolute atomic E-state index is 4.69. The Hall–Kier alpha value is -6.04. The van der Waals surface area contributed by atoms with Crippen molar-refractivity contribution in [2.45, 2.75) is 0 Å². The molecule has 0 N–H and O–H groups in total. The Labute approximate surface area is 297 Å². The molecule has 0 bridgehead atoms. The van der Waals surface area contributed by atoms with Crippen molar-refractivity contribution in [3.63, 3.8) is 0 Å². The normalized spacial score (nSPS) is 10.3. The second-order valence-electron chi connectivity index (χ2n) is 10.8. The molecule has 0 fully saturated rings. The first-order chi connectivity index (χ1) is 23.8. The zero-order valence-electron chi connectivity index (χ0n) is 26.4.